The van der Waals surface area contributed by atoms with Crippen LogP contribution in [-0.4, -0.2) is 14.9 Å². The average Bonchev–Trinajstić information content (AvgIpc) is 3.02. The number of aryl methyl sites for hydroxylation is 1. The molecule has 0 saturated heterocycles. The Kier molecular flexibility index (Phi) is 4.30. The number of aromatic amines is 1. The van der Waals surface area contributed by atoms with Crippen LogP contribution in [0.25, 0.3) is 10.9 Å². The third-order valence-corrected chi connectivity index (χ3v) is 4.64. The summed E-state index contributed by atoms with van der Waals surface area (Å²) in [6, 6.07) is 18.4. The van der Waals surface area contributed by atoms with E-state index in [0.29, 0.717) is 5.69 Å². The monoisotopic (exact) mass is 358 g/mol. The molecule has 27 heavy (non-hydrogen) atoms. The second kappa shape index (κ2) is 6.92. The Labute approximate surface area is 156 Å². The number of hydrogen-bond donors (Lipinski definition) is 2. The molecule has 0 amide bonds. The third-order valence-electron chi connectivity index (χ3n) is 4.64. The minimum absolute atomic E-state index is 0.0594. The summed E-state index contributed by atoms with van der Waals surface area (Å²) >= 11 is 0. The number of nitrogens with zero attached hydrogens (tertiary/aromatic N) is 2. The van der Waals surface area contributed by atoms with E-state index in [0.717, 1.165) is 27.7 Å². The van der Waals surface area contributed by atoms with Gasteiger partial charge in [0.15, 0.2) is 0 Å². The Morgan fingerprint density at radius 1 is 1.07 bits per heavy atom. The van der Waals surface area contributed by atoms with E-state index < -0.39 is 0 Å². The van der Waals surface area contributed by atoms with Crippen molar-refractivity contribution in [2.24, 2.45) is 0 Å². The number of fused-ring (bicyclic) bond motifs is 1. The van der Waals surface area contributed by atoms with Gasteiger partial charge in [0.25, 0.3) is 5.69 Å². The van der Waals surface area contributed by atoms with Crippen molar-refractivity contribution in [3.05, 3.63) is 100.0 Å². The number of hydrogen-bond acceptors (Lipinski definition) is 4. The van der Waals surface area contributed by atoms with E-state index in [1.807, 2.05) is 43.3 Å². The highest BCUT2D eigenvalue weighted by Gasteiger charge is 2.21. The molecule has 1 atom stereocenters. The van der Waals surface area contributed by atoms with Crippen LogP contribution in [0.4, 0.5) is 11.4 Å². The molecule has 0 spiro atoms. The number of aromatic nitrogens is 2. The van der Waals surface area contributed by atoms with Gasteiger partial charge >= 0.3 is 0 Å². The van der Waals surface area contributed by atoms with E-state index in [-0.39, 0.29) is 16.7 Å². The Morgan fingerprint density at radius 3 is 2.63 bits per heavy atom. The molecule has 0 bridgehead atoms. The highest BCUT2D eigenvalue weighted by Crippen LogP contribution is 2.34. The molecule has 134 valence electrons. The summed E-state index contributed by atoms with van der Waals surface area (Å²) in [7, 11) is 0. The van der Waals surface area contributed by atoms with Crippen molar-refractivity contribution < 1.29 is 4.92 Å². The number of nitro groups is 1. The predicted octanol–water partition coefficient (Wildman–Crippen LogP) is 4.98. The lowest BCUT2D eigenvalue weighted by atomic mass is 9.96. The molecule has 0 aliphatic carbocycles. The largest absolute Gasteiger partial charge is 0.374 e. The summed E-state index contributed by atoms with van der Waals surface area (Å²) in [6.45, 7) is 2.04. The normalized spacial score (nSPS) is 12.0. The Morgan fingerprint density at radius 2 is 1.85 bits per heavy atom. The van der Waals surface area contributed by atoms with Crippen molar-refractivity contribution in [3.8, 4) is 0 Å². The van der Waals surface area contributed by atoms with Crippen LogP contribution in [-0.2, 0) is 0 Å². The lowest BCUT2D eigenvalue weighted by molar-refractivity contribution is -0.384. The van der Waals surface area contributed by atoms with Gasteiger partial charge in [-0.1, -0.05) is 24.3 Å². The number of anilines is 1. The van der Waals surface area contributed by atoms with Crippen LogP contribution >= 0.6 is 0 Å². The molecule has 6 nitrogen and oxygen atoms in total. The van der Waals surface area contributed by atoms with Gasteiger partial charge in [0, 0.05) is 52.4 Å². The Balaban J connectivity index is 1.84. The van der Waals surface area contributed by atoms with Crippen molar-refractivity contribution in [2.45, 2.75) is 13.0 Å². The highest BCUT2D eigenvalue weighted by atomic mass is 16.6. The van der Waals surface area contributed by atoms with Crippen molar-refractivity contribution in [3.63, 3.8) is 0 Å². The smallest absolute Gasteiger partial charge is 0.271 e. The summed E-state index contributed by atoms with van der Waals surface area (Å²) in [5.41, 5.74) is 5.01. The van der Waals surface area contributed by atoms with Gasteiger partial charge in [0.2, 0.25) is 0 Å². The van der Waals surface area contributed by atoms with Gasteiger partial charge in [-0.05, 0) is 36.8 Å². The number of nitro benzene ring substituents is 1. The molecule has 4 rings (SSSR count). The second-order valence-corrected chi connectivity index (χ2v) is 6.37. The molecular formula is C21H18N4O2. The van der Waals surface area contributed by atoms with Crippen molar-refractivity contribution in [1.29, 1.82) is 0 Å². The Bertz CT molecular complexity index is 1110. The number of rotatable bonds is 5. The number of para-hydroxylation sites is 1. The molecule has 4 aromatic rings. The Hall–Kier alpha value is -3.67. The first-order chi connectivity index (χ1) is 13.1. The van der Waals surface area contributed by atoms with Gasteiger partial charge in [0.05, 0.1) is 11.0 Å². The summed E-state index contributed by atoms with van der Waals surface area (Å²) in [6.07, 6.45) is 3.50. The van der Waals surface area contributed by atoms with Gasteiger partial charge in [-0.3, -0.25) is 15.1 Å². The lowest BCUT2D eigenvalue weighted by Crippen LogP contribution is -2.13. The first-order valence-electron chi connectivity index (χ1n) is 8.61. The van der Waals surface area contributed by atoms with Gasteiger partial charge in [-0.2, -0.15) is 0 Å². The molecular weight excluding hydrogens is 340 g/mol. The predicted molar refractivity (Wildman–Crippen MR) is 106 cm³/mol. The molecule has 2 aromatic carbocycles. The molecule has 0 fully saturated rings. The van der Waals surface area contributed by atoms with Gasteiger partial charge in [-0.25, -0.2) is 0 Å². The topological polar surface area (TPSA) is 83.8 Å². The molecule has 0 radical (unpaired) electrons. The molecule has 0 aliphatic heterocycles. The molecule has 0 aliphatic rings. The first-order valence-corrected chi connectivity index (χ1v) is 8.61. The third kappa shape index (κ3) is 3.25. The van der Waals surface area contributed by atoms with E-state index in [4.69, 9.17) is 0 Å². The van der Waals surface area contributed by atoms with Crippen molar-refractivity contribution in [1.82, 2.24) is 9.97 Å². The quantitative estimate of drug-likeness (QED) is 0.389. The van der Waals surface area contributed by atoms with Crippen molar-refractivity contribution >= 4 is 22.3 Å². The molecule has 0 saturated carbocycles. The maximum atomic E-state index is 11.1. The first kappa shape index (κ1) is 16.8. The van der Waals surface area contributed by atoms with Crippen LogP contribution < -0.4 is 5.32 Å². The summed E-state index contributed by atoms with van der Waals surface area (Å²) in [4.78, 5) is 18.3. The van der Waals surface area contributed by atoms with Crippen LogP contribution in [0.1, 0.15) is 22.9 Å². The average molecular weight is 358 g/mol. The second-order valence-electron chi connectivity index (χ2n) is 6.37. The fourth-order valence-electron chi connectivity index (χ4n) is 3.42. The molecule has 2 aromatic heterocycles. The summed E-state index contributed by atoms with van der Waals surface area (Å²) < 4.78 is 0. The van der Waals surface area contributed by atoms with E-state index in [1.54, 1.807) is 24.5 Å². The number of benzene rings is 2. The zero-order valence-electron chi connectivity index (χ0n) is 14.7. The van der Waals surface area contributed by atoms with Gasteiger partial charge in [-0.15, -0.1) is 0 Å². The minimum Gasteiger partial charge on any atom is -0.374 e. The standard InChI is InChI=1S/C21H18N4O2/c1-14-20(18-7-2-3-8-19(18)23-14)21(15-9-11-22-12-10-15)24-16-5-4-6-17(13-16)25(26)27/h2-13,21,23-24H,1H3. The molecule has 6 heteroatoms. The number of pyridine rings is 1. The maximum absolute atomic E-state index is 11.1. The molecule has 2 heterocycles. The lowest BCUT2D eigenvalue weighted by Gasteiger charge is -2.21. The highest BCUT2D eigenvalue weighted by molar-refractivity contribution is 5.86. The zero-order chi connectivity index (χ0) is 18.8. The minimum atomic E-state index is -0.385. The number of nitrogens with one attached hydrogen (secondary N) is 2. The van der Waals surface area contributed by atoms with E-state index in [2.05, 4.69) is 21.4 Å². The van der Waals surface area contributed by atoms with Crippen LogP contribution in [0, 0.1) is 17.0 Å². The summed E-state index contributed by atoms with van der Waals surface area (Å²) in [5, 5.41) is 15.7. The van der Waals surface area contributed by atoms with Crippen LogP contribution in [0.2, 0.25) is 0 Å². The number of non-ortho nitro benzene ring substituents is 1. The van der Waals surface area contributed by atoms with E-state index in [1.165, 1.54) is 6.07 Å². The van der Waals surface area contributed by atoms with E-state index in [9.17, 15) is 10.1 Å². The maximum Gasteiger partial charge on any atom is 0.271 e. The van der Waals surface area contributed by atoms with Crippen molar-refractivity contribution in [2.75, 3.05) is 5.32 Å². The fraction of sp³-hybridized carbons (Fsp3) is 0.0952. The number of H-pyrrole nitrogens is 1. The van der Waals surface area contributed by atoms with Gasteiger partial charge in [0.1, 0.15) is 0 Å². The molecule has 1 unspecified atom stereocenters. The van der Waals surface area contributed by atoms with Crippen LogP contribution in [0.3, 0.4) is 0 Å². The zero-order valence-corrected chi connectivity index (χ0v) is 14.7. The van der Waals surface area contributed by atoms with Crippen LogP contribution in [0.5, 0.6) is 0 Å². The SMILES string of the molecule is Cc1[nH]c2ccccc2c1C(Nc1cccc([N+](=O)[O-])c1)c1ccncc1. The summed E-state index contributed by atoms with van der Waals surface area (Å²) in [5.74, 6) is 0. The molecule has 2 N–H and O–H groups in total. The van der Waals surface area contributed by atoms with E-state index >= 15 is 0 Å². The van der Waals surface area contributed by atoms with Gasteiger partial charge < -0.3 is 10.3 Å². The fourth-order valence-corrected chi connectivity index (χ4v) is 3.42. The van der Waals surface area contributed by atoms with Crippen LogP contribution in [0.15, 0.2) is 73.1 Å².